The van der Waals surface area contributed by atoms with Crippen LogP contribution in [0.15, 0.2) is 18.2 Å². The average Bonchev–Trinajstić information content (AvgIpc) is 3.17. The van der Waals surface area contributed by atoms with E-state index in [2.05, 4.69) is 36.9 Å². The minimum atomic E-state index is 0.737. The number of unbranched alkanes of at least 4 members (excludes halogenated alkanes) is 1. The Morgan fingerprint density at radius 3 is 2.67 bits per heavy atom. The largest absolute Gasteiger partial charge is 0.368 e. The van der Waals surface area contributed by atoms with E-state index in [9.17, 15) is 0 Å². The van der Waals surface area contributed by atoms with Crippen LogP contribution in [0.2, 0.25) is 0 Å². The second kappa shape index (κ2) is 6.24. The zero-order valence-electron chi connectivity index (χ0n) is 11.8. The highest BCUT2D eigenvalue weighted by molar-refractivity contribution is 5.56. The molecule has 0 saturated heterocycles. The summed E-state index contributed by atoms with van der Waals surface area (Å²) in [6.45, 7) is 6.44. The van der Waals surface area contributed by atoms with Crippen LogP contribution in [0.4, 0.5) is 5.69 Å². The lowest BCUT2D eigenvalue weighted by atomic mass is 10.1. The molecule has 1 aliphatic carbocycles. The van der Waals surface area contributed by atoms with E-state index in [1.807, 2.05) is 0 Å². The summed E-state index contributed by atoms with van der Waals surface area (Å²) in [5, 5.41) is 0. The number of rotatable bonds is 7. The SMILES string of the molecule is CCCCN(c1ccc(CCN)cc1C)C1CC1. The third kappa shape index (κ3) is 3.26. The molecule has 0 aliphatic heterocycles. The first-order chi connectivity index (χ1) is 8.76. The quantitative estimate of drug-likeness (QED) is 0.800. The van der Waals surface area contributed by atoms with Gasteiger partial charge in [-0.2, -0.15) is 0 Å². The topological polar surface area (TPSA) is 29.3 Å². The Morgan fingerprint density at radius 1 is 1.33 bits per heavy atom. The van der Waals surface area contributed by atoms with Crippen LogP contribution < -0.4 is 10.6 Å². The van der Waals surface area contributed by atoms with Gasteiger partial charge < -0.3 is 10.6 Å². The molecule has 1 aromatic carbocycles. The van der Waals surface area contributed by atoms with E-state index < -0.39 is 0 Å². The Morgan fingerprint density at radius 2 is 2.11 bits per heavy atom. The maximum Gasteiger partial charge on any atom is 0.0398 e. The van der Waals surface area contributed by atoms with Crippen molar-refractivity contribution in [1.29, 1.82) is 0 Å². The second-order valence-electron chi connectivity index (χ2n) is 5.44. The smallest absolute Gasteiger partial charge is 0.0398 e. The molecule has 0 amide bonds. The molecule has 2 N–H and O–H groups in total. The average molecular weight is 246 g/mol. The van der Waals surface area contributed by atoms with Gasteiger partial charge in [0.15, 0.2) is 0 Å². The van der Waals surface area contributed by atoms with Crippen LogP contribution in [-0.4, -0.2) is 19.1 Å². The molecule has 18 heavy (non-hydrogen) atoms. The van der Waals surface area contributed by atoms with Crippen molar-refractivity contribution in [2.45, 2.75) is 52.0 Å². The van der Waals surface area contributed by atoms with Crippen molar-refractivity contribution in [2.24, 2.45) is 5.73 Å². The molecule has 2 nitrogen and oxygen atoms in total. The van der Waals surface area contributed by atoms with Gasteiger partial charge in [0, 0.05) is 18.3 Å². The van der Waals surface area contributed by atoms with Gasteiger partial charge in [-0.1, -0.05) is 25.5 Å². The van der Waals surface area contributed by atoms with E-state index in [0.717, 1.165) is 19.0 Å². The van der Waals surface area contributed by atoms with Gasteiger partial charge in [-0.05, 0) is 56.3 Å². The van der Waals surface area contributed by atoms with E-state index in [1.165, 1.54) is 49.0 Å². The lowest BCUT2D eigenvalue weighted by Gasteiger charge is -2.26. The number of nitrogens with two attached hydrogens (primary N) is 1. The highest BCUT2D eigenvalue weighted by Crippen LogP contribution is 2.34. The summed E-state index contributed by atoms with van der Waals surface area (Å²) in [5.74, 6) is 0. The summed E-state index contributed by atoms with van der Waals surface area (Å²) >= 11 is 0. The van der Waals surface area contributed by atoms with Gasteiger partial charge in [0.05, 0.1) is 0 Å². The summed E-state index contributed by atoms with van der Waals surface area (Å²) in [7, 11) is 0. The zero-order valence-corrected chi connectivity index (χ0v) is 11.8. The molecule has 0 unspecified atom stereocenters. The van der Waals surface area contributed by atoms with Crippen molar-refractivity contribution in [3.8, 4) is 0 Å². The Kier molecular flexibility index (Phi) is 4.65. The van der Waals surface area contributed by atoms with Crippen LogP contribution in [0.25, 0.3) is 0 Å². The number of hydrogen-bond acceptors (Lipinski definition) is 2. The van der Waals surface area contributed by atoms with Crippen LogP contribution in [0, 0.1) is 6.92 Å². The standard InChI is InChI=1S/C16H26N2/c1-3-4-11-18(15-6-7-15)16-8-5-14(9-10-17)12-13(16)2/h5,8,12,15H,3-4,6-7,9-11,17H2,1-2H3. The van der Waals surface area contributed by atoms with E-state index >= 15 is 0 Å². The summed E-state index contributed by atoms with van der Waals surface area (Å²) in [6, 6.07) is 7.66. The predicted molar refractivity (Wildman–Crippen MR) is 79.2 cm³/mol. The monoisotopic (exact) mass is 246 g/mol. The second-order valence-corrected chi connectivity index (χ2v) is 5.44. The van der Waals surface area contributed by atoms with Gasteiger partial charge in [-0.25, -0.2) is 0 Å². The zero-order chi connectivity index (χ0) is 13.0. The number of hydrogen-bond donors (Lipinski definition) is 1. The molecule has 0 spiro atoms. The van der Waals surface area contributed by atoms with Crippen LogP contribution in [0.1, 0.15) is 43.7 Å². The molecule has 2 rings (SSSR count). The Bertz CT molecular complexity index is 383. The van der Waals surface area contributed by atoms with Crippen molar-refractivity contribution in [1.82, 2.24) is 0 Å². The summed E-state index contributed by atoms with van der Waals surface area (Å²) in [4.78, 5) is 2.62. The number of anilines is 1. The van der Waals surface area contributed by atoms with Crippen LogP contribution in [0.5, 0.6) is 0 Å². The highest BCUT2D eigenvalue weighted by atomic mass is 15.2. The maximum atomic E-state index is 5.62. The van der Waals surface area contributed by atoms with Crippen molar-refractivity contribution >= 4 is 5.69 Å². The minimum absolute atomic E-state index is 0.737. The van der Waals surface area contributed by atoms with E-state index in [4.69, 9.17) is 5.73 Å². The lowest BCUT2D eigenvalue weighted by molar-refractivity contribution is 0.711. The molecule has 1 aliphatic rings. The predicted octanol–water partition coefficient (Wildman–Crippen LogP) is 3.27. The first-order valence-corrected chi connectivity index (χ1v) is 7.32. The maximum absolute atomic E-state index is 5.62. The normalized spacial score (nSPS) is 14.8. The minimum Gasteiger partial charge on any atom is -0.368 e. The summed E-state index contributed by atoms with van der Waals surface area (Å²) < 4.78 is 0. The molecule has 0 atom stereocenters. The van der Waals surface area contributed by atoms with Crippen molar-refractivity contribution in [3.63, 3.8) is 0 Å². The first-order valence-electron chi connectivity index (χ1n) is 7.32. The van der Waals surface area contributed by atoms with E-state index in [-0.39, 0.29) is 0 Å². The third-order valence-corrected chi connectivity index (χ3v) is 3.74. The first kappa shape index (κ1) is 13.4. The fourth-order valence-corrected chi connectivity index (χ4v) is 2.58. The Balaban J connectivity index is 2.13. The fourth-order valence-electron chi connectivity index (χ4n) is 2.58. The molecule has 0 bridgehead atoms. The van der Waals surface area contributed by atoms with E-state index in [1.54, 1.807) is 0 Å². The van der Waals surface area contributed by atoms with Crippen LogP contribution in [0.3, 0.4) is 0 Å². The Hall–Kier alpha value is -1.02. The molecule has 0 radical (unpaired) electrons. The molecular formula is C16H26N2. The van der Waals surface area contributed by atoms with E-state index in [0.29, 0.717) is 0 Å². The fraction of sp³-hybridized carbons (Fsp3) is 0.625. The van der Waals surface area contributed by atoms with Gasteiger partial charge in [0.1, 0.15) is 0 Å². The summed E-state index contributed by atoms with van der Waals surface area (Å²) in [5.41, 5.74) is 9.83. The van der Waals surface area contributed by atoms with Crippen molar-refractivity contribution < 1.29 is 0 Å². The molecule has 1 fully saturated rings. The van der Waals surface area contributed by atoms with Gasteiger partial charge in [-0.15, -0.1) is 0 Å². The highest BCUT2D eigenvalue weighted by Gasteiger charge is 2.29. The van der Waals surface area contributed by atoms with Crippen molar-refractivity contribution in [2.75, 3.05) is 18.0 Å². The summed E-state index contributed by atoms with van der Waals surface area (Å²) in [6.07, 6.45) is 6.29. The molecule has 2 heteroatoms. The van der Waals surface area contributed by atoms with Gasteiger partial charge in [0.2, 0.25) is 0 Å². The molecule has 100 valence electrons. The van der Waals surface area contributed by atoms with Gasteiger partial charge >= 0.3 is 0 Å². The number of benzene rings is 1. The van der Waals surface area contributed by atoms with Crippen LogP contribution in [-0.2, 0) is 6.42 Å². The molecular weight excluding hydrogens is 220 g/mol. The lowest BCUT2D eigenvalue weighted by Crippen LogP contribution is -2.27. The van der Waals surface area contributed by atoms with Gasteiger partial charge in [-0.3, -0.25) is 0 Å². The van der Waals surface area contributed by atoms with Crippen LogP contribution >= 0.6 is 0 Å². The Labute approximate surface area is 111 Å². The third-order valence-electron chi connectivity index (χ3n) is 3.74. The molecule has 1 saturated carbocycles. The number of nitrogens with zero attached hydrogens (tertiary/aromatic N) is 1. The molecule has 0 heterocycles. The molecule has 0 aromatic heterocycles. The van der Waals surface area contributed by atoms with Crippen molar-refractivity contribution in [3.05, 3.63) is 29.3 Å². The van der Waals surface area contributed by atoms with Gasteiger partial charge in [0.25, 0.3) is 0 Å². The number of aryl methyl sites for hydroxylation is 1. The molecule has 1 aromatic rings.